The standard InChI is InChI=1S/C16H15ClF3N3O3S/c17-11-2-1-9(7-10(11)16(18,19)20)21-13(24)8-12-14(25)22-15(27-12)23-3-5-26-6-4-23/h1-2,7,25H,3-6,8H2,(H,21,24). The molecule has 0 aliphatic carbocycles. The molecule has 1 saturated heterocycles. The predicted molar refractivity (Wildman–Crippen MR) is 95.6 cm³/mol. The van der Waals surface area contributed by atoms with Gasteiger partial charge in [-0.05, 0) is 18.2 Å². The van der Waals surface area contributed by atoms with Gasteiger partial charge in [0, 0.05) is 18.8 Å². The molecule has 2 N–H and O–H groups in total. The van der Waals surface area contributed by atoms with Crippen LogP contribution < -0.4 is 10.2 Å². The van der Waals surface area contributed by atoms with Gasteiger partial charge in [-0.15, -0.1) is 0 Å². The molecular formula is C16H15ClF3N3O3S. The molecule has 1 fully saturated rings. The van der Waals surface area contributed by atoms with Crippen molar-refractivity contribution in [1.29, 1.82) is 0 Å². The van der Waals surface area contributed by atoms with E-state index in [-0.39, 0.29) is 18.0 Å². The second-order valence-corrected chi connectivity index (χ2v) is 7.23. The summed E-state index contributed by atoms with van der Waals surface area (Å²) in [7, 11) is 0. The second-order valence-electron chi connectivity index (χ2n) is 5.76. The first-order valence-corrected chi connectivity index (χ1v) is 9.11. The SMILES string of the molecule is O=C(Cc1sc(N2CCOCC2)nc1O)Nc1ccc(Cl)c(C(F)(F)F)c1. The Morgan fingerprint density at radius 1 is 1.37 bits per heavy atom. The van der Waals surface area contributed by atoms with E-state index in [2.05, 4.69) is 10.3 Å². The van der Waals surface area contributed by atoms with E-state index in [0.717, 1.165) is 23.5 Å². The molecule has 3 rings (SSSR count). The van der Waals surface area contributed by atoms with Gasteiger partial charge in [-0.1, -0.05) is 22.9 Å². The normalized spacial score (nSPS) is 15.0. The van der Waals surface area contributed by atoms with E-state index in [0.29, 0.717) is 36.3 Å². The molecule has 1 amide bonds. The average Bonchev–Trinajstić information content (AvgIpc) is 2.97. The Bertz CT molecular complexity index is 838. The first-order valence-electron chi connectivity index (χ1n) is 7.92. The number of morpholine rings is 1. The number of nitrogens with zero attached hydrogens (tertiary/aromatic N) is 2. The van der Waals surface area contributed by atoms with Crippen molar-refractivity contribution in [3.8, 4) is 5.88 Å². The van der Waals surface area contributed by atoms with Crippen molar-refractivity contribution in [1.82, 2.24) is 4.98 Å². The van der Waals surface area contributed by atoms with E-state index in [4.69, 9.17) is 16.3 Å². The molecule has 27 heavy (non-hydrogen) atoms. The van der Waals surface area contributed by atoms with Crippen LogP contribution >= 0.6 is 22.9 Å². The zero-order valence-corrected chi connectivity index (χ0v) is 15.4. The predicted octanol–water partition coefficient (Wildman–Crippen LogP) is 3.54. The van der Waals surface area contributed by atoms with E-state index < -0.39 is 22.7 Å². The minimum absolute atomic E-state index is 0.0332. The van der Waals surface area contributed by atoms with Gasteiger partial charge >= 0.3 is 6.18 Å². The molecule has 0 saturated carbocycles. The number of thiazole rings is 1. The molecule has 0 atom stereocenters. The average molecular weight is 422 g/mol. The number of amides is 1. The smallest absolute Gasteiger partial charge is 0.417 e. The summed E-state index contributed by atoms with van der Waals surface area (Å²) in [5.41, 5.74) is -1.06. The Balaban J connectivity index is 1.69. The van der Waals surface area contributed by atoms with Gasteiger partial charge in [0.2, 0.25) is 11.8 Å². The lowest BCUT2D eigenvalue weighted by molar-refractivity contribution is -0.137. The van der Waals surface area contributed by atoms with Gasteiger partial charge in [0.25, 0.3) is 0 Å². The van der Waals surface area contributed by atoms with Crippen molar-refractivity contribution in [2.24, 2.45) is 0 Å². The number of alkyl halides is 3. The minimum Gasteiger partial charge on any atom is -0.492 e. The second kappa shape index (κ2) is 7.91. The van der Waals surface area contributed by atoms with Gasteiger partial charge in [-0.25, -0.2) is 0 Å². The lowest BCUT2D eigenvalue weighted by atomic mass is 10.2. The number of halogens is 4. The number of ether oxygens (including phenoxy) is 1. The summed E-state index contributed by atoms with van der Waals surface area (Å²) < 4.78 is 43.9. The summed E-state index contributed by atoms with van der Waals surface area (Å²) in [6.07, 6.45) is -4.83. The first kappa shape index (κ1) is 19.7. The van der Waals surface area contributed by atoms with Crippen molar-refractivity contribution in [3.63, 3.8) is 0 Å². The number of benzene rings is 1. The lowest BCUT2D eigenvalue weighted by Crippen LogP contribution is -2.36. The van der Waals surface area contributed by atoms with Crippen LogP contribution in [0.15, 0.2) is 18.2 Å². The highest BCUT2D eigenvalue weighted by molar-refractivity contribution is 7.16. The third-order valence-corrected chi connectivity index (χ3v) is 5.26. The number of anilines is 2. The number of carbonyl (C=O) groups is 1. The maximum absolute atomic E-state index is 12.9. The largest absolute Gasteiger partial charge is 0.492 e. The molecule has 6 nitrogen and oxygen atoms in total. The Morgan fingerprint density at radius 2 is 2.07 bits per heavy atom. The van der Waals surface area contributed by atoms with Crippen LogP contribution in [0.3, 0.4) is 0 Å². The molecule has 0 unspecified atom stereocenters. The Morgan fingerprint density at radius 3 is 2.74 bits per heavy atom. The molecule has 11 heteroatoms. The van der Waals surface area contributed by atoms with Gasteiger partial charge in [-0.3, -0.25) is 4.79 Å². The van der Waals surface area contributed by atoms with Gasteiger partial charge in [0.15, 0.2) is 5.13 Å². The van der Waals surface area contributed by atoms with Gasteiger partial charge < -0.3 is 20.1 Å². The van der Waals surface area contributed by atoms with Crippen molar-refractivity contribution in [2.75, 3.05) is 36.5 Å². The topological polar surface area (TPSA) is 74.7 Å². The van der Waals surface area contributed by atoms with Crippen LogP contribution in [-0.4, -0.2) is 42.3 Å². The molecule has 1 aliphatic rings. The summed E-state index contributed by atoms with van der Waals surface area (Å²) in [6, 6.07) is 3.12. The number of hydrogen-bond acceptors (Lipinski definition) is 6. The molecule has 0 radical (unpaired) electrons. The maximum atomic E-state index is 12.9. The van der Waals surface area contributed by atoms with Crippen molar-refractivity contribution < 1.29 is 27.8 Å². The molecule has 0 spiro atoms. The zero-order valence-electron chi connectivity index (χ0n) is 13.8. The van der Waals surface area contributed by atoms with Crippen molar-refractivity contribution in [3.05, 3.63) is 33.7 Å². The third kappa shape index (κ3) is 4.82. The van der Waals surface area contributed by atoms with Crippen molar-refractivity contribution >= 4 is 39.7 Å². The third-order valence-electron chi connectivity index (χ3n) is 3.82. The molecule has 0 bridgehead atoms. The van der Waals surface area contributed by atoms with E-state index in [1.165, 1.54) is 6.07 Å². The summed E-state index contributed by atoms with van der Waals surface area (Å²) in [5.74, 6) is -0.832. The summed E-state index contributed by atoms with van der Waals surface area (Å²) in [4.78, 5) is 18.5. The highest BCUT2D eigenvalue weighted by Gasteiger charge is 2.33. The molecule has 1 aliphatic heterocycles. The number of aromatic nitrogens is 1. The Hall–Kier alpha value is -2.04. The first-order chi connectivity index (χ1) is 12.7. The van der Waals surface area contributed by atoms with Gasteiger partial charge in [-0.2, -0.15) is 18.2 Å². The van der Waals surface area contributed by atoms with E-state index in [1.807, 2.05) is 4.90 Å². The molecule has 2 aromatic rings. The number of hydrogen-bond donors (Lipinski definition) is 2. The molecule has 146 valence electrons. The molecular weight excluding hydrogens is 407 g/mol. The summed E-state index contributed by atoms with van der Waals surface area (Å²) >= 11 is 6.72. The summed E-state index contributed by atoms with van der Waals surface area (Å²) in [5, 5.41) is 12.5. The summed E-state index contributed by atoms with van der Waals surface area (Å²) in [6.45, 7) is 2.36. The van der Waals surface area contributed by atoms with Crippen LogP contribution in [0.1, 0.15) is 10.4 Å². The minimum atomic E-state index is -4.62. The Labute approximate surface area is 161 Å². The number of nitrogens with one attached hydrogen (secondary N) is 1. The van der Waals surface area contributed by atoms with E-state index in [9.17, 15) is 23.1 Å². The molecule has 2 heterocycles. The molecule has 1 aromatic carbocycles. The van der Waals surface area contributed by atoms with Crippen molar-refractivity contribution in [2.45, 2.75) is 12.6 Å². The van der Waals surface area contributed by atoms with Crippen LogP contribution in [0.5, 0.6) is 5.88 Å². The quantitative estimate of drug-likeness (QED) is 0.790. The van der Waals surface area contributed by atoms with Crippen LogP contribution in [0.4, 0.5) is 24.0 Å². The number of rotatable bonds is 4. The highest BCUT2D eigenvalue weighted by atomic mass is 35.5. The zero-order chi connectivity index (χ0) is 19.6. The molecule has 1 aromatic heterocycles. The van der Waals surface area contributed by atoms with Crippen LogP contribution in [-0.2, 0) is 22.1 Å². The van der Waals surface area contributed by atoms with Crippen LogP contribution in [0, 0.1) is 0 Å². The number of aromatic hydroxyl groups is 1. The fraction of sp³-hybridized carbons (Fsp3) is 0.375. The van der Waals surface area contributed by atoms with Crippen LogP contribution in [0.2, 0.25) is 5.02 Å². The lowest BCUT2D eigenvalue weighted by Gasteiger charge is -2.25. The Kier molecular flexibility index (Phi) is 5.78. The fourth-order valence-corrected chi connectivity index (χ4v) is 3.74. The van der Waals surface area contributed by atoms with E-state index >= 15 is 0 Å². The van der Waals surface area contributed by atoms with Crippen LogP contribution in [0.25, 0.3) is 0 Å². The van der Waals surface area contributed by atoms with E-state index in [1.54, 1.807) is 0 Å². The fourth-order valence-electron chi connectivity index (χ4n) is 2.51. The van der Waals surface area contributed by atoms with Gasteiger partial charge in [0.05, 0.1) is 35.1 Å². The maximum Gasteiger partial charge on any atom is 0.417 e. The highest BCUT2D eigenvalue weighted by Crippen LogP contribution is 2.36. The monoisotopic (exact) mass is 421 g/mol. The number of carbonyl (C=O) groups excluding carboxylic acids is 1. The van der Waals surface area contributed by atoms with Gasteiger partial charge in [0.1, 0.15) is 0 Å².